The second-order valence-electron chi connectivity index (χ2n) is 3.20. The number of hydrogen-bond donors (Lipinski definition) is 1. The number of nitro groups is 1. The number of fused-ring (bicyclic) bond motifs is 1. The zero-order chi connectivity index (χ0) is 11.0. The average molecular weight is 226 g/mol. The van der Waals surface area contributed by atoms with E-state index in [2.05, 4.69) is 9.97 Å². The van der Waals surface area contributed by atoms with Crippen LogP contribution >= 0.6 is 11.6 Å². The lowest BCUT2D eigenvalue weighted by Crippen LogP contribution is -1.86. The van der Waals surface area contributed by atoms with Crippen molar-refractivity contribution in [1.82, 2.24) is 9.97 Å². The summed E-state index contributed by atoms with van der Waals surface area (Å²) < 4.78 is 0. The van der Waals surface area contributed by atoms with Gasteiger partial charge in [-0.05, 0) is 13.0 Å². The molecule has 78 valence electrons. The topological polar surface area (TPSA) is 71.8 Å². The van der Waals surface area contributed by atoms with Gasteiger partial charge in [-0.25, -0.2) is 4.98 Å². The summed E-state index contributed by atoms with van der Waals surface area (Å²) in [6, 6.07) is 4.48. The van der Waals surface area contributed by atoms with Crippen molar-refractivity contribution in [1.29, 1.82) is 0 Å². The second kappa shape index (κ2) is 3.51. The molecular weight excluding hydrogens is 218 g/mol. The van der Waals surface area contributed by atoms with Crippen LogP contribution in [0.3, 0.4) is 0 Å². The first-order chi connectivity index (χ1) is 7.08. The lowest BCUT2D eigenvalue weighted by atomic mass is 10.3. The maximum Gasteiger partial charge on any atom is 0.271 e. The summed E-state index contributed by atoms with van der Waals surface area (Å²) in [5.74, 6) is 0.618. The molecular formula is C9H8ClN3O2. The Morgan fingerprint density at radius 1 is 1.60 bits per heavy atom. The Bertz CT molecular complexity index is 521. The van der Waals surface area contributed by atoms with Crippen LogP contribution in [0.4, 0.5) is 5.69 Å². The minimum Gasteiger partial charge on any atom is -0.341 e. The molecule has 0 aliphatic carbocycles. The van der Waals surface area contributed by atoms with Crippen LogP contribution in [0.5, 0.6) is 0 Å². The molecule has 1 N–H and O–H groups in total. The van der Waals surface area contributed by atoms with E-state index in [-0.39, 0.29) is 11.1 Å². The number of nitrogens with zero attached hydrogens (tertiary/aromatic N) is 2. The van der Waals surface area contributed by atoms with Crippen LogP contribution in [0, 0.1) is 10.1 Å². The largest absolute Gasteiger partial charge is 0.341 e. The van der Waals surface area contributed by atoms with Crippen molar-refractivity contribution in [3.8, 4) is 0 Å². The number of hydrogen-bond acceptors (Lipinski definition) is 3. The molecule has 1 heterocycles. The normalized spacial score (nSPS) is 12.9. The van der Waals surface area contributed by atoms with Gasteiger partial charge in [0.1, 0.15) is 5.82 Å². The third kappa shape index (κ3) is 1.78. The number of benzene rings is 1. The van der Waals surface area contributed by atoms with Gasteiger partial charge in [0.15, 0.2) is 0 Å². The molecule has 1 atom stereocenters. The van der Waals surface area contributed by atoms with E-state index in [1.165, 1.54) is 12.1 Å². The Kier molecular flexibility index (Phi) is 2.32. The quantitative estimate of drug-likeness (QED) is 0.485. The highest BCUT2D eigenvalue weighted by Crippen LogP contribution is 2.23. The molecule has 0 aliphatic rings. The summed E-state index contributed by atoms with van der Waals surface area (Å²) in [6.45, 7) is 1.79. The number of aromatic amines is 1. The Morgan fingerprint density at radius 3 is 2.93 bits per heavy atom. The summed E-state index contributed by atoms with van der Waals surface area (Å²) >= 11 is 5.85. The summed E-state index contributed by atoms with van der Waals surface area (Å²) in [5, 5.41) is 10.3. The summed E-state index contributed by atoms with van der Waals surface area (Å²) in [5.41, 5.74) is 1.36. The Labute approximate surface area is 90.2 Å². The first-order valence-corrected chi connectivity index (χ1v) is 4.79. The number of nitrogens with one attached hydrogen (secondary N) is 1. The molecule has 0 spiro atoms. The van der Waals surface area contributed by atoms with E-state index in [4.69, 9.17) is 11.6 Å². The van der Waals surface area contributed by atoms with Gasteiger partial charge in [-0.2, -0.15) is 0 Å². The molecule has 2 rings (SSSR count). The molecule has 0 aliphatic heterocycles. The number of alkyl halides is 1. The molecule has 0 saturated carbocycles. The zero-order valence-corrected chi connectivity index (χ0v) is 8.65. The molecule has 15 heavy (non-hydrogen) atoms. The summed E-state index contributed by atoms with van der Waals surface area (Å²) in [7, 11) is 0. The van der Waals surface area contributed by atoms with Crippen LogP contribution in [0.15, 0.2) is 18.2 Å². The van der Waals surface area contributed by atoms with Gasteiger partial charge in [-0.1, -0.05) is 0 Å². The number of aromatic nitrogens is 2. The number of rotatable bonds is 2. The van der Waals surface area contributed by atoms with E-state index in [9.17, 15) is 10.1 Å². The molecule has 2 aromatic rings. The number of imidazole rings is 1. The fraction of sp³-hybridized carbons (Fsp3) is 0.222. The Morgan fingerprint density at radius 2 is 2.33 bits per heavy atom. The van der Waals surface area contributed by atoms with E-state index >= 15 is 0 Å². The molecule has 0 fully saturated rings. The summed E-state index contributed by atoms with van der Waals surface area (Å²) in [6.07, 6.45) is 0. The van der Waals surface area contributed by atoms with E-state index in [1.54, 1.807) is 13.0 Å². The first-order valence-electron chi connectivity index (χ1n) is 4.36. The molecule has 0 saturated heterocycles. The second-order valence-corrected chi connectivity index (χ2v) is 3.85. The third-order valence-corrected chi connectivity index (χ3v) is 2.28. The van der Waals surface area contributed by atoms with Crippen molar-refractivity contribution in [2.24, 2.45) is 0 Å². The zero-order valence-electron chi connectivity index (χ0n) is 7.90. The first kappa shape index (κ1) is 9.92. The van der Waals surface area contributed by atoms with Gasteiger partial charge in [-0.15, -0.1) is 11.6 Å². The van der Waals surface area contributed by atoms with Crippen molar-refractivity contribution in [3.05, 3.63) is 34.1 Å². The lowest BCUT2D eigenvalue weighted by Gasteiger charge is -1.93. The predicted molar refractivity (Wildman–Crippen MR) is 57.0 cm³/mol. The fourth-order valence-electron chi connectivity index (χ4n) is 1.32. The van der Waals surface area contributed by atoms with Gasteiger partial charge in [0.05, 0.1) is 21.3 Å². The minimum atomic E-state index is -0.440. The molecule has 1 aromatic heterocycles. The van der Waals surface area contributed by atoms with Crippen LogP contribution < -0.4 is 0 Å². The molecule has 0 unspecified atom stereocenters. The van der Waals surface area contributed by atoms with Gasteiger partial charge in [-0.3, -0.25) is 10.1 Å². The SMILES string of the molecule is C[C@@H](Cl)c1nc2ccc([N+](=O)[O-])cc2[nH]1. The van der Waals surface area contributed by atoms with Crippen LogP contribution in [-0.2, 0) is 0 Å². The maximum atomic E-state index is 10.5. The van der Waals surface area contributed by atoms with E-state index < -0.39 is 4.92 Å². The fourth-order valence-corrected chi connectivity index (χ4v) is 1.42. The van der Waals surface area contributed by atoms with Crippen molar-refractivity contribution < 1.29 is 4.92 Å². The van der Waals surface area contributed by atoms with Gasteiger partial charge in [0.2, 0.25) is 0 Å². The number of nitro benzene ring substituents is 1. The van der Waals surface area contributed by atoms with E-state index in [0.717, 1.165) is 0 Å². The molecule has 0 amide bonds. The third-order valence-electron chi connectivity index (χ3n) is 2.07. The standard InChI is InChI=1S/C9H8ClN3O2/c1-5(10)9-11-7-3-2-6(13(14)15)4-8(7)12-9/h2-5H,1H3,(H,11,12)/t5-/m1/s1. The minimum absolute atomic E-state index is 0.0416. The Hall–Kier alpha value is -1.62. The smallest absolute Gasteiger partial charge is 0.271 e. The van der Waals surface area contributed by atoms with Gasteiger partial charge < -0.3 is 4.98 Å². The van der Waals surface area contributed by atoms with Crippen molar-refractivity contribution in [2.75, 3.05) is 0 Å². The lowest BCUT2D eigenvalue weighted by molar-refractivity contribution is -0.384. The predicted octanol–water partition coefficient (Wildman–Crippen LogP) is 2.77. The highest BCUT2D eigenvalue weighted by molar-refractivity contribution is 6.20. The number of non-ortho nitro benzene ring substituents is 1. The van der Waals surface area contributed by atoms with Crippen molar-refractivity contribution >= 4 is 28.3 Å². The summed E-state index contributed by atoms with van der Waals surface area (Å²) in [4.78, 5) is 17.2. The van der Waals surface area contributed by atoms with E-state index in [1.807, 2.05) is 0 Å². The van der Waals surface area contributed by atoms with Crippen LogP contribution in [-0.4, -0.2) is 14.9 Å². The van der Waals surface area contributed by atoms with Gasteiger partial charge in [0, 0.05) is 12.1 Å². The van der Waals surface area contributed by atoms with Crippen molar-refractivity contribution in [2.45, 2.75) is 12.3 Å². The van der Waals surface area contributed by atoms with Gasteiger partial charge in [0.25, 0.3) is 5.69 Å². The van der Waals surface area contributed by atoms with Crippen LogP contribution in [0.25, 0.3) is 11.0 Å². The number of halogens is 1. The molecule has 6 heteroatoms. The number of H-pyrrole nitrogens is 1. The van der Waals surface area contributed by atoms with Crippen LogP contribution in [0.2, 0.25) is 0 Å². The average Bonchev–Trinajstić information content (AvgIpc) is 2.59. The molecule has 0 radical (unpaired) electrons. The monoisotopic (exact) mass is 225 g/mol. The molecule has 1 aromatic carbocycles. The van der Waals surface area contributed by atoms with Gasteiger partial charge >= 0.3 is 0 Å². The van der Waals surface area contributed by atoms with Crippen LogP contribution in [0.1, 0.15) is 18.1 Å². The van der Waals surface area contributed by atoms with E-state index in [0.29, 0.717) is 16.9 Å². The Balaban J connectivity index is 2.57. The maximum absolute atomic E-state index is 10.5. The molecule has 0 bridgehead atoms. The van der Waals surface area contributed by atoms with Crippen molar-refractivity contribution in [3.63, 3.8) is 0 Å². The highest BCUT2D eigenvalue weighted by atomic mass is 35.5. The molecule has 5 nitrogen and oxygen atoms in total. The highest BCUT2D eigenvalue weighted by Gasteiger charge is 2.11.